The largest absolute Gasteiger partial charge is 0.444 e. The van der Waals surface area contributed by atoms with Gasteiger partial charge in [-0.25, -0.2) is 4.79 Å². The second-order valence-corrected chi connectivity index (χ2v) is 5.73. The topological polar surface area (TPSA) is 61.8 Å². The molecule has 0 aliphatic carbocycles. The van der Waals surface area contributed by atoms with Gasteiger partial charge in [-0.05, 0) is 53.1 Å². The molecule has 106 valence electrons. The Morgan fingerprint density at radius 3 is 2.50 bits per heavy atom. The molecule has 1 aliphatic rings. The molecule has 2 N–H and O–H groups in total. The van der Waals surface area contributed by atoms with Crippen molar-refractivity contribution in [2.75, 3.05) is 26.2 Å². The third-order valence-electron chi connectivity index (χ3n) is 2.93. The molecule has 1 rings (SSSR count). The number of carbonyl (C=O) groups excluding carboxylic acids is 1. The first kappa shape index (κ1) is 15.2. The first-order valence-corrected chi connectivity index (χ1v) is 6.75. The van der Waals surface area contributed by atoms with Crippen LogP contribution in [0, 0.1) is 0 Å². The van der Waals surface area contributed by atoms with Crippen LogP contribution in [0.1, 0.15) is 40.0 Å². The van der Waals surface area contributed by atoms with E-state index in [0.717, 1.165) is 25.9 Å². The number of aliphatic hydroxyl groups is 1. The van der Waals surface area contributed by atoms with Gasteiger partial charge >= 0.3 is 6.09 Å². The van der Waals surface area contributed by atoms with E-state index in [0.29, 0.717) is 13.0 Å². The molecule has 0 saturated carbocycles. The van der Waals surface area contributed by atoms with Crippen LogP contribution in [-0.4, -0.2) is 54.0 Å². The minimum Gasteiger partial charge on any atom is -0.444 e. The molecular weight excluding hydrogens is 232 g/mol. The maximum Gasteiger partial charge on any atom is 0.410 e. The smallest absolute Gasteiger partial charge is 0.410 e. The lowest BCUT2D eigenvalue weighted by atomic mass is 10.0. The van der Waals surface area contributed by atoms with Crippen LogP contribution in [0.2, 0.25) is 0 Å². The minimum atomic E-state index is -0.471. The molecule has 5 nitrogen and oxygen atoms in total. The van der Waals surface area contributed by atoms with E-state index < -0.39 is 5.60 Å². The predicted octanol–water partition coefficient (Wildman–Crippen LogP) is 1.36. The van der Waals surface area contributed by atoms with Crippen molar-refractivity contribution in [3.63, 3.8) is 0 Å². The SMILES string of the molecule is CC(C)(C)OC(=O)N(CCCO)C1CCNCC1. The highest BCUT2D eigenvalue weighted by molar-refractivity contribution is 5.68. The zero-order valence-electron chi connectivity index (χ0n) is 11.7. The Bertz CT molecular complexity index is 257. The fourth-order valence-electron chi connectivity index (χ4n) is 2.10. The van der Waals surface area contributed by atoms with Gasteiger partial charge in [-0.3, -0.25) is 0 Å². The Labute approximate surface area is 109 Å². The van der Waals surface area contributed by atoms with Crippen molar-refractivity contribution in [2.45, 2.75) is 51.7 Å². The summed E-state index contributed by atoms with van der Waals surface area (Å²) < 4.78 is 5.44. The first-order chi connectivity index (χ1) is 8.44. The zero-order chi connectivity index (χ0) is 13.6. The van der Waals surface area contributed by atoms with Crippen LogP contribution in [0.4, 0.5) is 4.79 Å². The molecule has 1 aliphatic heterocycles. The van der Waals surface area contributed by atoms with Gasteiger partial charge in [0.25, 0.3) is 0 Å². The highest BCUT2D eigenvalue weighted by Gasteiger charge is 2.28. The van der Waals surface area contributed by atoms with E-state index in [1.54, 1.807) is 4.90 Å². The van der Waals surface area contributed by atoms with Gasteiger partial charge in [0.15, 0.2) is 0 Å². The lowest BCUT2D eigenvalue weighted by Gasteiger charge is -2.35. The lowest BCUT2D eigenvalue weighted by Crippen LogP contribution is -2.48. The fourth-order valence-corrected chi connectivity index (χ4v) is 2.10. The molecule has 1 fully saturated rings. The van der Waals surface area contributed by atoms with Crippen molar-refractivity contribution in [2.24, 2.45) is 0 Å². The van der Waals surface area contributed by atoms with E-state index in [2.05, 4.69) is 5.32 Å². The molecule has 5 heteroatoms. The molecule has 0 aromatic heterocycles. The van der Waals surface area contributed by atoms with Crippen molar-refractivity contribution >= 4 is 6.09 Å². The Balaban J connectivity index is 2.60. The van der Waals surface area contributed by atoms with Crippen molar-refractivity contribution in [3.8, 4) is 0 Å². The Kier molecular flexibility index (Phi) is 5.88. The summed E-state index contributed by atoms with van der Waals surface area (Å²) in [4.78, 5) is 13.9. The number of nitrogens with zero attached hydrogens (tertiary/aromatic N) is 1. The Morgan fingerprint density at radius 2 is 2.00 bits per heavy atom. The van der Waals surface area contributed by atoms with Gasteiger partial charge in [0.2, 0.25) is 0 Å². The standard InChI is InChI=1S/C13H26N2O3/c1-13(2,3)18-12(17)15(9-4-10-16)11-5-7-14-8-6-11/h11,14,16H,4-10H2,1-3H3. The number of hydrogen-bond donors (Lipinski definition) is 2. The highest BCUT2D eigenvalue weighted by atomic mass is 16.6. The number of carbonyl (C=O) groups is 1. The van der Waals surface area contributed by atoms with Crippen LogP contribution in [0.5, 0.6) is 0 Å². The van der Waals surface area contributed by atoms with Gasteiger partial charge < -0.3 is 20.1 Å². The van der Waals surface area contributed by atoms with Crippen LogP contribution in [0.25, 0.3) is 0 Å². The summed E-state index contributed by atoms with van der Waals surface area (Å²) >= 11 is 0. The summed E-state index contributed by atoms with van der Waals surface area (Å²) in [5.41, 5.74) is -0.471. The van der Waals surface area contributed by atoms with Crippen LogP contribution in [0.3, 0.4) is 0 Å². The van der Waals surface area contributed by atoms with Gasteiger partial charge in [0.05, 0.1) is 0 Å². The molecule has 0 atom stereocenters. The molecule has 1 saturated heterocycles. The predicted molar refractivity (Wildman–Crippen MR) is 70.5 cm³/mol. The van der Waals surface area contributed by atoms with E-state index in [4.69, 9.17) is 9.84 Å². The molecule has 1 amide bonds. The van der Waals surface area contributed by atoms with Gasteiger partial charge in [-0.2, -0.15) is 0 Å². The molecule has 0 radical (unpaired) electrons. The van der Waals surface area contributed by atoms with Crippen LogP contribution in [-0.2, 0) is 4.74 Å². The van der Waals surface area contributed by atoms with Crippen molar-refractivity contribution in [3.05, 3.63) is 0 Å². The number of nitrogens with one attached hydrogen (secondary N) is 1. The number of hydrogen-bond acceptors (Lipinski definition) is 4. The van der Waals surface area contributed by atoms with E-state index in [-0.39, 0.29) is 18.7 Å². The summed E-state index contributed by atoms with van der Waals surface area (Å²) in [5.74, 6) is 0. The zero-order valence-corrected chi connectivity index (χ0v) is 11.7. The fraction of sp³-hybridized carbons (Fsp3) is 0.923. The number of rotatable bonds is 4. The quantitative estimate of drug-likeness (QED) is 0.799. The van der Waals surface area contributed by atoms with E-state index in [9.17, 15) is 4.79 Å². The number of piperidine rings is 1. The summed E-state index contributed by atoms with van der Waals surface area (Å²) in [5, 5.41) is 12.2. The average molecular weight is 258 g/mol. The molecule has 18 heavy (non-hydrogen) atoms. The number of aliphatic hydroxyl groups excluding tert-OH is 1. The van der Waals surface area contributed by atoms with Gasteiger partial charge in [0, 0.05) is 19.2 Å². The highest BCUT2D eigenvalue weighted by Crippen LogP contribution is 2.17. The molecule has 1 heterocycles. The molecule has 0 bridgehead atoms. The third kappa shape index (κ3) is 5.23. The van der Waals surface area contributed by atoms with Crippen molar-refractivity contribution < 1.29 is 14.6 Å². The van der Waals surface area contributed by atoms with Gasteiger partial charge in [-0.1, -0.05) is 0 Å². The second kappa shape index (κ2) is 6.95. The van der Waals surface area contributed by atoms with Gasteiger partial charge in [-0.15, -0.1) is 0 Å². The summed E-state index contributed by atoms with van der Waals surface area (Å²) in [7, 11) is 0. The normalized spacial score (nSPS) is 17.6. The Morgan fingerprint density at radius 1 is 1.39 bits per heavy atom. The van der Waals surface area contributed by atoms with E-state index in [1.807, 2.05) is 20.8 Å². The average Bonchev–Trinajstić information content (AvgIpc) is 2.28. The second-order valence-electron chi connectivity index (χ2n) is 5.73. The monoisotopic (exact) mass is 258 g/mol. The molecule has 0 unspecified atom stereocenters. The van der Waals surface area contributed by atoms with Crippen molar-refractivity contribution in [1.82, 2.24) is 10.2 Å². The van der Waals surface area contributed by atoms with E-state index >= 15 is 0 Å². The Hall–Kier alpha value is -0.810. The molecule has 0 aromatic carbocycles. The number of ether oxygens (including phenoxy) is 1. The van der Waals surface area contributed by atoms with Crippen LogP contribution >= 0.6 is 0 Å². The third-order valence-corrected chi connectivity index (χ3v) is 2.93. The number of amides is 1. The molecule has 0 spiro atoms. The maximum atomic E-state index is 12.2. The molecule has 0 aromatic rings. The summed E-state index contributed by atoms with van der Waals surface area (Å²) in [6, 6.07) is 0.229. The minimum absolute atomic E-state index is 0.101. The van der Waals surface area contributed by atoms with Crippen LogP contribution < -0.4 is 5.32 Å². The van der Waals surface area contributed by atoms with E-state index in [1.165, 1.54) is 0 Å². The van der Waals surface area contributed by atoms with Crippen molar-refractivity contribution in [1.29, 1.82) is 0 Å². The first-order valence-electron chi connectivity index (χ1n) is 6.75. The summed E-state index contributed by atoms with van der Waals surface area (Å²) in [6.07, 6.45) is 2.24. The lowest BCUT2D eigenvalue weighted by molar-refractivity contribution is 0.0117. The van der Waals surface area contributed by atoms with Crippen LogP contribution in [0.15, 0.2) is 0 Å². The summed E-state index contributed by atoms with van der Waals surface area (Å²) in [6.45, 7) is 8.15. The maximum absolute atomic E-state index is 12.2. The van der Waals surface area contributed by atoms with Gasteiger partial charge in [0.1, 0.15) is 5.60 Å². The molecular formula is C13H26N2O3.